The minimum atomic E-state index is 0.239. The Labute approximate surface area is 125 Å². The molecule has 0 heterocycles. The van der Waals surface area contributed by atoms with Gasteiger partial charge in [0.15, 0.2) is 0 Å². The molecule has 2 N–H and O–H groups in total. The molecular formula is C15H25BrN2O. The van der Waals surface area contributed by atoms with Crippen molar-refractivity contribution in [1.29, 1.82) is 0 Å². The van der Waals surface area contributed by atoms with Crippen LogP contribution in [0.2, 0.25) is 0 Å². The van der Waals surface area contributed by atoms with E-state index in [1.165, 1.54) is 5.56 Å². The fraction of sp³-hybridized carbons (Fsp3) is 0.600. The summed E-state index contributed by atoms with van der Waals surface area (Å²) in [6.45, 7) is 5.25. The lowest BCUT2D eigenvalue weighted by atomic mass is 10.0. The Morgan fingerprint density at radius 1 is 1.21 bits per heavy atom. The minimum absolute atomic E-state index is 0.239. The number of nitrogens with one attached hydrogen (secondary N) is 1. The highest BCUT2D eigenvalue weighted by Gasteiger charge is 2.11. The average Bonchev–Trinajstić information content (AvgIpc) is 2.41. The second-order valence-corrected chi connectivity index (χ2v) is 5.66. The topological polar surface area (TPSA) is 35.5 Å². The van der Waals surface area contributed by atoms with Gasteiger partial charge in [0.1, 0.15) is 0 Å². The van der Waals surface area contributed by atoms with Gasteiger partial charge < -0.3 is 15.3 Å². The van der Waals surface area contributed by atoms with Crippen LogP contribution in [0.5, 0.6) is 0 Å². The number of rotatable bonds is 9. The van der Waals surface area contributed by atoms with Crippen LogP contribution in [0.15, 0.2) is 28.7 Å². The van der Waals surface area contributed by atoms with Gasteiger partial charge in [-0.3, -0.25) is 0 Å². The van der Waals surface area contributed by atoms with E-state index in [-0.39, 0.29) is 6.61 Å². The molecule has 108 valence electrons. The van der Waals surface area contributed by atoms with Crippen molar-refractivity contribution in [3.63, 3.8) is 0 Å². The molecule has 0 aromatic heterocycles. The highest BCUT2D eigenvalue weighted by atomic mass is 79.9. The molecule has 0 saturated carbocycles. The molecule has 0 radical (unpaired) electrons. The maximum atomic E-state index is 9.07. The molecule has 0 fully saturated rings. The van der Waals surface area contributed by atoms with Crippen LogP contribution in [-0.2, 0) is 0 Å². The zero-order valence-electron chi connectivity index (χ0n) is 11.9. The van der Waals surface area contributed by atoms with Crippen LogP contribution in [0.25, 0.3) is 0 Å². The first-order valence-electron chi connectivity index (χ1n) is 6.97. The lowest BCUT2D eigenvalue weighted by Gasteiger charge is -2.24. The van der Waals surface area contributed by atoms with E-state index in [2.05, 4.69) is 57.3 Å². The quantitative estimate of drug-likeness (QED) is 0.731. The van der Waals surface area contributed by atoms with Crippen LogP contribution in [0.3, 0.4) is 0 Å². The van der Waals surface area contributed by atoms with Crippen LogP contribution < -0.4 is 5.32 Å². The molecule has 0 amide bonds. The zero-order chi connectivity index (χ0) is 14.1. The molecule has 1 rings (SSSR count). The van der Waals surface area contributed by atoms with E-state index in [9.17, 15) is 0 Å². The van der Waals surface area contributed by atoms with Crippen LogP contribution in [-0.4, -0.2) is 43.3 Å². The number of aliphatic hydroxyl groups is 1. The van der Waals surface area contributed by atoms with E-state index >= 15 is 0 Å². The van der Waals surface area contributed by atoms with Gasteiger partial charge in [-0.25, -0.2) is 0 Å². The first-order chi connectivity index (χ1) is 9.21. The third-order valence-electron chi connectivity index (χ3n) is 3.31. The fourth-order valence-corrected chi connectivity index (χ4v) is 2.54. The zero-order valence-corrected chi connectivity index (χ0v) is 13.5. The third-order valence-corrected chi connectivity index (χ3v) is 3.84. The molecule has 19 heavy (non-hydrogen) atoms. The third kappa shape index (κ3) is 6.04. The van der Waals surface area contributed by atoms with E-state index in [1.54, 1.807) is 0 Å². The normalized spacial score (nSPS) is 12.9. The number of hydrogen-bond donors (Lipinski definition) is 2. The lowest BCUT2D eigenvalue weighted by molar-refractivity contribution is 0.190. The van der Waals surface area contributed by atoms with Gasteiger partial charge in [0.2, 0.25) is 0 Å². The Bertz CT molecular complexity index is 337. The molecule has 1 aromatic carbocycles. The van der Waals surface area contributed by atoms with Crippen molar-refractivity contribution in [3.05, 3.63) is 34.3 Å². The predicted molar refractivity (Wildman–Crippen MR) is 84.4 cm³/mol. The smallest absolute Gasteiger partial charge is 0.0558 e. The summed E-state index contributed by atoms with van der Waals surface area (Å²) in [6.07, 6.45) is 2.18. The van der Waals surface area contributed by atoms with Gasteiger partial charge in [0.05, 0.1) is 6.61 Å². The van der Waals surface area contributed by atoms with Gasteiger partial charge >= 0.3 is 0 Å². The lowest BCUT2D eigenvalue weighted by Crippen LogP contribution is -2.31. The van der Waals surface area contributed by atoms with Crippen LogP contribution in [0, 0.1) is 0 Å². The first-order valence-corrected chi connectivity index (χ1v) is 7.76. The van der Waals surface area contributed by atoms with Crippen LogP contribution in [0.4, 0.5) is 0 Å². The molecule has 4 heteroatoms. The van der Waals surface area contributed by atoms with Gasteiger partial charge in [0.25, 0.3) is 0 Å². The fourth-order valence-electron chi connectivity index (χ4n) is 2.28. The molecule has 0 saturated heterocycles. The van der Waals surface area contributed by atoms with Crippen molar-refractivity contribution in [2.45, 2.75) is 25.8 Å². The highest BCUT2D eigenvalue weighted by Crippen LogP contribution is 2.19. The van der Waals surface area contributed by atoms with Gasteiger partial charge in [-0.1, -0.05) is 35.0 Å². The van der Waals surface area contributed by atoms with Gasteiger partial charge in [-0.15, -0.1) is 0 Å². The molecule has 0 aliphatic heterocycles. The van der Waals surface area contributed by atoms with Crippen molar-refractivity contribution in [2.75, 3.05) is 33.3 Å². The Morgan fingerprint density at radius 3 is 2.42 bits per heavy atom. The van der Waals surface area contributed by atoms with E-state index in [0.717, 1.165) is 36.9 Å². The summed E-state index contributed by atoms with van der Waals surface area (Å²) in [5.74, 6) is 0. The summed E-state index contributed by atoms with van der Waals surface area (Å²) in [7, 11) is 2.00. The molecule has 3 nitrogen and oxygen atoms in total. The van der Waals surface area contributed by atoms with Crippen LogP contribution in [0.1, 0.15) is 31.4 Å². The van der Waals surface area contributed by atoms with E-state index in [1.807, 2.05) is 7.05 Å². The number of benzene rings is 1. The number of halogens is 1. The van der Waals surface area contributed by atoms with E-state index in [4.69, 9.17) is 5.11 Å². The molecule has 1 atom stereocenters. The Hall–Kier alpha value is -0.420. The standard InChI is InChI=1S/C15H25BrN2O/c1-3-9-18(11-12-19)10-8-15(17-2)13-4-6-14(16)7-5-13/h4-7,15,17,19H,3,8-12H2,1-2H3. The summed E-state index contributed by atoms with van der Waals surface area (Å²) >= 11 is 3.46. The summed E-state index contributed by atoms with van der Waals surface area (Å²) < 4.78 is 1.11. The summed E-state index contributed by atoms with van der Waals surface area (Å²) in [5.41, 5.74) is 1.31. The van der Waals surface area contributed by atoms with Crippen molar-refractivity contribution in [3.8, 4) is 0 Å². The SMILES string of the molecule is CCCN(CCO)CCC(NC)c1ccc(Br)cc1. The largest absolute Gasteiger partial charge is 0.395 e. The minimum Gasteiger partial charge on any atom is -0.395 e. The molecule has 1 unspecified atom stereocenters. The van der Waals surface area contributed by atoms with E-state index < -0.39 is 0 Å². The monoisotopic (exact) mass is 328 g/mol. The number of aliphatic hydroxyl groups excluding tert-OH is 1. The average molecular weight is 329 g/mol. The maximum absolute atomic E-state index is 9.07. The van der Waals surface area contributed by atoms with Crippen molar-refractivity contribution >= 4 is 15.9 Å². The Kier molecular flexibility index (Phi) is 8.30. The van der Waals surface area contributed by atoms with Gasteiger partial charge in [-0.05, 0) is 44.1 Å². The molecular weight excluding hydrogens is 304 g/mol. The van der Waals surface area contributed by atoms with Crippen LogP contribution >= 0.6 is 15.9 Å². The van der Waals surface area contributed by atoms with Gasteiger partial charge in [-0.2, -0.15) is 0 Å². The van der Waals surface area contributed by atoms with Crippen molar-refractivity contribution < 1.29 is 5.11 Å². The first kappa shape index (κ1) is 16.6. The Morgan fingerprint density at radius 2 is 1.89 bits per heavy atom. The molecule has 0 spiro atoms. The van der Waals surface area contributed by atoms with Gasteiger partial charge in [0, 0.05) is 23.6 Å². The van der Waals surface area contributed by atoms with Crippen molar-refractivity contribution in [2.24, 2.45) is 0 Å². The number of hydrogen-bond acceptors (Lipinski definition) is 3. The molecule has 0 bridgehead atoms. The Balaban J connectivity index is 2.53. The maximum Gasteiger partial charge on any atom is 0.0558 e. The second kappa shape index (κ2) is 9.48. The molecule has 0 aliphatic rings. The number of nitrogens with zero attached hydrogens (tertiary/aromatic N) is 1. The summed E-state index contributed by atoms with van der Waals surface area (Å²) in [6, 6.07) is 8.84. The second-order valence-electron chi connectivity index (χ2n) is 4.75. The summed E-state index contributed by atoms with van der Waals surface area (Å²) in [5, 5.41) is 12.4. The van der Waals surface area contributed by atoms with Crippen molar-refractivity contribution in [1.82, 2.24) is 10.2 Å². The van der Waals surface area contributed by atoms with E-state index in [0.29, 0.717) is 6.04 Å². The predicted octanol–water partition coefficient (Wildman–Crippen LogP) is 2.80. The molecule has 0 aliphatic carbocycles. The summed E-state index contributed by atoms with van der Waals surface area (Å²) in [4.78, 5) is 2.32. The molecule has 1 aromatic rings. The highest BCUT2D eigenvalue weighted by molar-refractivity contribution is 9.10.